The first kappa shape index (κ1) is 17.2. The number of benzene rings is 2. The van der Waals surface area contributed by atoms with Gasteiger partial charge in [-0.25, -0.2) is 4.79 Å². The molecule has 0 aliphatic carbocycles. The third kappa shape index (κ3) is 3.53. The minimum atomic E-state index is -0.944. The van der Waals surface area contributed by atoms with Crippen LogP contribution in [0.3, 0.4) is 0 Å². The number of para-hydroxylation sites is 1. The van der Waals surface area contributed by atoms with Gasteiger partial charge in [-0.2, -0.15) is 0 Å². The van der Waals surface area contributed by atoms with Crippen molar-refractivity contribution in [1.82, 2.24) is 4.90 Å². The molecular formula is C22H20N2O3. The molecule has 0 bridgehead atoms. The lowest BCUT2D eigenvalue weighted by molar-refractivity contribution is -0.132. The Balaban J connectivity index is 1.66. The Morgan fingerprint density at radius 1 is 0.963 bits per heavy atom. The van der Waals surface area contributed by atoms with E-state index in [1.165, 1.54) is 0 Å². The Labute approximate surface area is 157 Å². The van der Waals surface area contributed by atoms with Crippen molar-refractivity contribution in [3.05, 3.63) is 70.8 Å². The zero-order valence-corrected chi connectivity index (χ0v) is 14.9. The largest absolute Gasteiger partial charge is 0.478 e. The Bertz CT molecular complexity index is 952. The molecule has 0 aromatic heterocycles. The second-order valence-electron chi connectivity index (χ2n) is 6.85. The molecule has 4 rings (SSSR count). The summed E-state index contributed by atoms with van der Waals surface area (Å²) in [6, 6.07) is 14.8. The van der Waals surface area contributed by atoms with Gasteiger partial charge >= 0.3 is 5.97 Å². The predicted molar refractivity (Wildman–Crippen MR) is 104 cm³/mol. The molecule has 2 heterocycles. The molecule has 1 N–H and O–H groups in total. The standard InChI is InChI=1S/C22H20N2O3/c25-21(24-11-3-4-12-24)16-9-7-15(8-10-16)20-14-18(22(26)27)13-17-5-1-2-6-19(17)23-20/h1-2,5-10,13H,3-4,11-12,14H2,(H,26,27). The van der Waals surface area contributed by atoms with E-state index in [9.17, 15) is 14.7 Å². The zero-order valence-electron chi connectivity index (χ0n) is 14.9. The highest BCUT2D eigenvalue weighted by atomic mass is 16.4. The van der Waals surface area contributed by atoms with Crippen molar-refractivity contribution in [3.8, 4) is 0 Å². The fourth-order valence-electron chi connectivity index (χ4n) is 3.53. The van der Waals surface area contributed by atoms with Crippen molar-refractivity contribution >= 4 is 29.4 Å². The van der Waals surface area contributed by atoms with Crippen molar-refractivity contribution in [2.24, 2.45) is 4.99 Å². The van der Waals surface area contributed by atoms with Gasteiger partial charge in [0.05, 0.1) is 11.4 Å². The lowest BCUT2D eigenvalue weighted by Crippen LogP contribution is -2.27. The van der Waals surface area contributed by atoms with Gasteiger partial charge in [-0.1, -0.05) is 30.3 Å². The number of carboxylic acids is 1. The maximum Gasteiger partial charge on any atom is 0.331 e. The zero-order chi connectivity index (χ0) is 18.8. The van der Waals surface area contributed by atoms with Crippen LogP contribution in [0.4, 0.5) is 5.69 Å². The van der Waals surface area contributed by atoms with Crippen molar-refractivity contribution in [3.63, 3.8) is 0 Å². The highest BCUT2D eigenvalue weighted by Gasteiger charge is 2.21. The van der Waals surface area contributed by atoms with Crippen molar-refractivity contribution < 1.29 is 14.7 Å². The minimum Gasteiger partial charge on any atom is -0.478 e. The molecule has 0 atom stereocenters. The second-order valence-corrected chi connectivity index (χ2v) is 6.85. The highest BCUT2D eigenvalue weighted by molar-refractivity contribution is 6.10. The van der Waals surface area contributed by atoms with E-state index in [2.05, 4.69) is 0 Å². The summed E-state index contributed by atoms with van der Waals surface area (Å²) in [4.78, 5) is 30.7. The number of hydrogen-bond acceptors (Lipinski definition) is 3. The van der Waals surface area contributed by atoms with Gasteiger partial charge in [-0.15, -0.1) is 0 Å². The van der Waals surface area contributed by atoms with E-state index in [1.807, 2.05) is 41.3 Å². The maximum absolute atomic E-state index is 12.5. The molecule has 0 spiro atoms. The van der Waals surface area contributed by atoms with Crippen LogP contribution in [0, 0.1) is 0 Å². The van der Waals surface area contributed by atoms with Crippen LogP contribution in [0.1, 0.15) is 40.7 Å². The van der Waals surface area contributed by atoms with E-state index < -0.39 is 5.97 Å². The van der Waals surface area contributed by atoms with Crippen LogP contribution in [0.15, 0.2) is 59.1 Å². The van der Waals surface area contributed by atoms with Crippen molar-refractivity contribution in [2.45, 2.75) is 19.3 Å². The SMILES string of the molecule is O=C(O)C1=Cc2ccccc2N=C(c2ccc(C(=O)N3CCCC3)cc2)C1. The molecule has 2 aliphatic heterocycles. The van der Waals surface area contributed by atoms with Crippen LogP contribution in [0.25, 0.3) is 6.08 Å². The number of rotatable bonds is 3. The Kier molecular flexibility index (Phi) is 4.59. The average molecular weight is 360 g/mol. The number of amides is 1. The monoisotopic (exact) mass is 360 g/mol. The van der Waals surface area contributed by atoms with Gasteiger partial charge in [0, 0.05) is 36.2 Å². The Hall–Kier alpha value is -3.21. The minimum absolute atomic E-state index is 0.0540. The number of likely N-dealkylation sites (tertiary alicyclic amines) is 1. The molecule has 0 unspecified atom stereocenters. The number of carbonyl (C=O) groups excluding carboxylic acids is 1. The third-order valence-electron chi connectivity index (χ3n) is 5.01. The van der Waals surface area contributed by atoms with Crippen molar-refractivity contribution in [1.29, 1.82) is 0 Å². The average Bonchev–Trinajstić information content (AvgIpc) is 3.14. The van der Waals surface area contributed by atoms with Gasteiger partial charge in [0.1, 0.15) is 0 Å². The smallest absolute Gasteiger partial charge is 0.331 e. The lowest BCUT2D eigenvalue weighted by atomic mass is 10.0. The topological polar surface area (TPSA) is 70.0 Å². The molecule has 27 heavy (non-hydrogen) atoms. The molecule has 136 valence electrons. The van der Waals surface area contributed by atoms with Gasteiger partial charge in [0.15, 0.2) is 0 Å². The Morgan fingerprint density at radius 2 is 1.67 bits per heavy atom. The molecule has 2 aliphatic rings. The lowest BCUT2D eigenvalue weighted by Gasteiger charge is -2.15. The van der Waals surface area contributed by atoms with Gasteiger partial charge in [-0.3, -0.25) is 9.79 Å². The van der Waals surface area contributed by atoms with Gasteiger partial charge in [0.25, 0.3) is 5.91 Å². The number of nitrogens with zero attached hydrogens (tertiary/aromatic N) is 2. The fraction of sp³-hybridized carbons (Fsp3) is 0.227. The van der Waals surface area contributed by atoms with Crippen LogP contribution >= 0.6 is 0 Å². The van der Waals surface area contributed by atoms with Crippen LogP contribution in [-0.4, -0.2) is 40.7 Å². The van der Waals surface area contributed by atoms with Crippen LogP contribution in [0.2, 0.25) is 0 Å². The molecule has 1 saturated heterocycles. The molecule has 1 amide bonds. The normalized spacial score (nSPS) is 16.2. The summed E-state index contributed by atoms with van der Waals surface area (Å²) in [5.41, 5.74) is 4.03. The molecule has 0 radical (unpaired) electrons. The quantitative estimate of drug-likeness (QED) is 0.902. The summed E-state index contributed by atoms with van der Waals surface area (Å²) < 4.78 is 0. The highest BCUT2D eigenvalue weighted by Crippen LogP contribution is 2.28. The number of aliphatic imine (C=N–C) groups is 1. The molecule has 5 nitrogen and oxygen atoms in total. The molecular weight excluding hydrogens is 340 g/mol. The van der Waals surface area contributed by atoms with E-state index >= 15 is 0 Å². The van der Waals surface area contributed by atoms with Crippen LogP contribution < -0.4 is 0 Å². The number of fused-ring (bicyclic) bond motifs is 1. The summed E-state index contributed by atoms with van der Waals surface area (Å²) in [5, 5.41) is 9.52. The van der Waals surface area contributed by atoms with Gasteiger partial charge in [0.2, 0.25) is 0 Å². The number of carbonyl (C=O) groups is 2. The van der Waals surface area contributed by atoms with E-state index in [1.54, 1.807) is 18.2 Å². The van der Waals surface area contributed by atoms with E-state index in [0.29, 0.717) is 16.8 Å². The van der Waals surface area contributed by atoms with Crippen LogP contribution in [0.5, 0.6) is 0 Å². The molecule has 0 saturated carbocycles. The summed E-state index contributed by atoms with van der Waals surface area (Å²) in [6.45, 7) is 1.63. The van der Waals surface area contributed by atoms with Crippen LogP contribution in [-0.2, 0) is 4.79 Å². The molecule has 1 fully saturated rings. The summed E-state index contributed by atoms with van der Waals surface area (Å²) in [6.07, 6.45) is 4.04. The number of carboxylic acid groups (broad SMARTS) is 1. The Morgan fingerprint density at radius 3 is 2.37 bits per heavy atom. The van der Waals surface area contributed by atoms with E-state index in [0.717, 1.165) is 42.7 Å². The first-order valence-corrected chi connectivity index (χ1v) is 9.12. The molecule has 2 aromatic rings. The van der Waals surface area contributed by atoms with Crippen molar-refractivity contribution in [2.75, 3.05) is 13.1 Å². The first-order chi connectivity index (χ1) is 13.1. The first-order valence-electron chi connectivity index (χ1n) is 9.12. The summed E-state index contributed by atoms with van der Waals surface area (Å²) in [5.74, 6) is -0.890. The summed E-state index contributed by atoms with van der Waals surface area (Å²) in [7, 11) is 0. The predicted octanol–water partition coefficient (Wildman–Crippen LogP) is 3.92. The summed E-state index contributed by atoms with van der Waals surface area (Å²) >= 11 is 0. The maximum atomic E-state index is 12.5. The number of aliphatic carboxylic acids is 1. The van der Waals surface area contributed by atoms with E-state index in [-0.39, 0.29) is 12.3 Å². The van der Waals surface area contributed by atoms with Gasteiger partial charge in [-0.05, 0) is 42.7 Å². The molecule has 5 heteroatoms. The fourth-order valence-corrected chi connectivity index (χ4v) is 3.53. The van der Waals surface area contributed by atoms with E-state index in [4.69, 9.17) is 4.99 Å². The number of hydrogen-bond donors (Lipinski definition) is 1. The van der Waals surface area contributed by atoms with Gasteiger partial charge < -0.3 is 10.0 Å². The second kappa shape index (κ2) is 7.19. The molecule has 2 aromatic carbocycles. The third-order valence-corrected chi connectivity index (χ3v) is 5.01.